The van der Waals surface area contributed by atoms with Crippen molar-refractivity contribution in [1.29, 1.82) is 0 Å². The molecule has 1 aliphatic carbocycles. The van der Waals surface area contributed by atoms with Crippen molar-refractivity contribution in [3.8, 4) is 0 Å². The van der Waals surface area contributed by atoms with E-state index >= 15 is 0 Å². The smallest absolute Gasteiger partial charge is 0.324 e. The molecule has 2 aromatic carbocycles. The van der Waals surface area contributed by atoms with Crippen LogP contribution in [0.4, 0.5) is 5.69 Å². The molecule has 0 amide bonds. The fourth-order valence-corrected chi connectivity index (χ4v) is 5.09. The molecule has 0 bridgehead atoms. The number of aliphatic carboxylic acids is 1. The highest BCUT2D eigenvalue weighted by atomic mass is 16.4. The molecule has 4 atom stereocenters. The Morgan fingerprint density at radius 2 is 1.80 bits per heavy atom. The molecule has 4 N–H and O–H groups in total. The lowest BCUT2D eigenvalue weighted by Crippen LogP contribution is -2.59. The van der Waals surface area contributed by atoms with Crippen LogP contribution in [-0.2, 0) is 9.59 Å². The number of nitrogens with one attached hydrogen (secondary N) is 1. The van der Waals surface area contributed by atoms with E-state index in [9.17, 15) is 19.5 Å². The first kappa shape index (κ1) is 20.3. The number of nitrogens with two attached hydrogens (primary N) is 1. The molecule has 6 nitrogen and oxygen atoms in total. The molecular weight excluding hydrogens is 380 g/mol. The summed E-state index contributed by atoms with van der Waals surface area (Å²) in [5.41, 5.74) is 7.56. The first-order chi connectivity index (χ1) is 14.3. The van der Waals surface area contributed by atoms with E-state index in [2.05, 4.69) is 5.32 Å². The summed E-state index contributed by atoms with van der Waals surface area (Å²) in [6, 6.07) is 14.3. The van der Waals surface area contributed by atoms with Gasteiger partial charge < -0.3 is 16.2 Å². The zero-order chi connectivity index (χ0) is 21.5. The molecule has 0 aromatic heterocycles. The molecule has 6 heteroatoms. The van der Waals surface area contributed by atoms with Gasteiger partial charge in [-0.25, -0.2) is 0 Å². The zero-order valence-corrected chi connectivity index (χ0v) is 16.9. The van der Waals surface area contributed by atoms with Crippen molar-refractivity contribution in [3.63, 3.8) is 0 Å². The number of carboxylic acid groups (broad SMARTS) is 1. The minimum absolute atomic E-state index is 0.00303. The number of carbonyl (C=O) groups excluding carboxylic acids is 2. The van der Waals surface area contributed by atoms with Gasteiger partial charge in [0, 0.05) is 29.6 Å². The predicted octanol–water partition coefficient (Wildman–Crippen LogP) is 3.30. The molecule has 2 unspecified atom stereocenters. The van der Waals surface area contributed by atoms with Gasteiger partial charge in [-0.2, -0.15) is 0 Å². The van der Waals surface area contributed by atoms with Crippen molar-refractivity contribution in [1.82, 2.24) is 0 Å². The molecule has 1 heterocycles. The molecular formula is C24H26N2O4. The third kappa shape index (κ3) is 3.41. The maximum absolute atomic E-state index is 12.9. The van der Waals surface area contributed by atoms with Crippen LogP contribution in [0.3, 0.4) is 0 Å². The van der Waals surface area contributed by atoms with Gasteiger partial charge in [0.25, 0.3) is 0 Å². The highest BCUT2D eigenvalue weighted by Gasteiger charge is 2.53. The number of anilines is 1. The van der Waals surface area contributed by atoms with Crippen LogP contribution in [0.2, 0.25) is 0 Å². The summed E-state index contributed by atoms with van der Waals surface area (Å²) in [4.78, 5) is 38.0. The van der Waals surface area contributed by atoms with E-state index in [0.717, 1.165) is 36.1 Å². The summed E-state index contributed by atoms with van der Waals surface area (Å²) >= 11 is 0. The topological polar surface area (TPSA) is 109 Å². The SMILES string of the molecule is Cc1ccc(C(=O)C(=O)CC(N)(C(=O)O)C2c3ccccc3N[C@@H]3CCC[C@H]23)cc1. The van der Waals surface area contributed by atoms with Crippen molar-refractivity contribution in [2.45, 2.75) is 50.1 Å². The van der Waals surface area contributed by atoms with E-state index in [1.54, 1.807) is 24.3 Å². The Kier molecular flexibility index (Phi) is 5.20. The minimum Gasteiger partial charge on any atom is -0.480 e. The van der Waals surface area contributed by atoms with Crippen LogP contribution in [0.5, 0.6) is 0 Å². The standard InChI is InChI=1S/C24H26N2O4/c1-14-9-11-15(12-10-14)22(28)20(27)13-24(25,23(29)30)21-16-5-2-3-7-18(16)26-19-8-4-6-17(19)21/h2-3,5,7,9-12,17,19,21,26H,4,6,8,13,25H2,1H3,(H,29,30)/t17-,19+,21?,24?/m0/s1. The van der Waals surface area contributed by atoms with E-state index in [-0.39, 0.29) is 17.5 Å². The van der Waals surface area contributed by atoms with Gasteiger partial charge >= 0.3 is 5.97 Å². The lowest BCUT2D eigenvalue weighted by molar-refractivity contribution is -0.146. The number of ketones is 2. The van der Waals surface area contributed by atoms with Crippen LogP contribution in [0.25, 0.3) is 0 Å². The summed E-state index contributed by atoms with van der Waals surface area (Å²) in [6.45, 7) is 1.89. The Morgan fingerprint density at radius 1 is 1.10 bits per heavy atom. The Hall–Kier alpha value is -2.99. The lowest BCUT2D eigenvalue weighted by Gasteiger charge is -2.44. The zero-order valence-electron chi connectivity index (χ0n) is 16.9. The van der Waals surface area contributed by atoms with Crippen LogP contribution >= 0.6 is 0 Å². The number of aryl methyl sites for hydroxylation is 1. The predicted molar refractivity (Wildman–Crippen MR) is 114 cm³/mol. The van der Waals surface area contributed by atoms with E-state index < -0.39 is 35.4 Å². The van der Waals surface area contributed by atoms with Crippen LogP contribution in [0.15, 0.2) is 48.5 Å². The normalized spacial score (nSPS) is 24.1. The number of benzene rings is 2. The second kappa shape index (κ2) is 7.69. The molecule has 0 radical (unpaired) electrons. The van der Waals surface area contributed by atoms with Crippen molar-refractivity contribution in [2.24, 2.45) is 11.7 Å². The fraction of sp³-hybridized carbons (Fsp3) is 0.375. The number of Topliss-reactive ketones (excluding diaryl/α,β-unsaturated/α-hetero) is 2. The van der Waals surface area contributed by atoms with Crippen LogP contribution in [0, 0.1) is 12.8 Å². The van der Waals surface area contributed by atoms with Crippen LogP contribution in [-0.4, -0.2) is 34.2 Å². The van der Waals surface area contributed by atoms with Gasteiger partial charge in [-0.05, 0) is 37.3 Å². The maximum atomic E-state index is 12.9. The second-order valence-corrected chi connectivity index (χ2v) is 8.55. The van der Waals surface area contributed by atoms with Crippen molar-refractivity contribution >= 4 is 23.2 Å². The van der Waals surface area contributed by atoms with Gasteiger partial charge in [0.05, 0.1) is 0 Å². The monoisotopic (exact) mass is 406 g/mol. The first-order valence-corrected chi connectivity index (χ1v) is 10.3. The fourth-order valence-electron chi connectivity index (χ4n) is 5.09. The average molecular weight is 406 g/mol. The van der Waals surface area contributed by atoms with Gasteiger partial charge in [-0.3, -0.25) is 14.4 Å². The van der Waals surface area contributed by atoms with E-state index in [1.807, 2.05) is 31.2 Å². The van der Waals surface area contributed by atoms with E-state index in [4.69, 9.17) is 5.73 Å². The number of hydrogen-bond acceptors (Lipinski definition) is 5. The van der Waals surface area contributed by atoms with Crippen molar-refractivity contribution in [3.05, 3.63) is 65.2 Å². The maximum Gasteiger partial charge on any atom is 0.324 e. The van der Waals surface area contributed by atoms with Crippen LogP contribution < -0.4 is 11.1 Å². The molecule has 1 aliphatic heterocycles. The Balaban J connectivity index is 1.70. The van der Waals surface area contributed by atoms with Gasteiger partial charge in [-0.15, -0.1) is 0 Å². The largest absolute Gasteiger partial charge is 0.480 e. The van der Waals surface area contributed by atoms with Crippen molar-refractivity contribution < 1.29 is 19.5 Å². The van der Waals surface area contributed by atoms with Crippen molar-refractivity contribution in [2.75, 3.05) is 5.32 Å². The molecule has 0 spiro atoms. The van der Waals surface area contributed by atoms with Crippen LogP contribution in [0.1, 0.15) is 53.1 Å². The molecule has 4 rings (SSSR count). The van der Waals surface area contributed by atoms with Gasteiger partial charge in [0.2, 0.25) is 11.6 Å². The Labute approximate surface area is 175 Å². The molecule has 156 valence electrons. The molecule has 0 saturated heterocycles. The molecule has 2 aliphatic rings. The first-order valence-electron chi connectivity index (χ1n) is 10.3. The average Bonchev–Trinajstić information content (AvgIpc) is 3.19. The lowest BCUT2D eigenvalue weighted by atomic mass is 9.66. The Morgan fingerprint density at radius 3 is 2.50 bits per heavy atom. The van der Waals surface area contributed by atoms with Gasteiger partial charge in [-0.1, -0.05) is 54.4 Å². The summed E-state index contributed by atoms with van der Waals surface area (Å²) in [5.74, 6) is -3.26. The number of carboxylic acids is 1. The molecule has 30 heavy (non-hydrogen) atoms. The quantitative estimate of drug-likeness (QED) is 0.502. The number of para-hydroxylation sites is 1. The number of fused-ring (bicyclic) bond motifs is 2. The Bertz CT molecular complexity index is 1000. The molecule has 2 aromatic rings. The van der Waals surface area contributed by atoms with Gasteiger partial charge in [0.15, 0.2) is 0 Å². The minimum atomic E-state index is -1.86. The summed E-state index contributed by atoms with van der Waals surface area (Å²) in [7, 11) is 0. The number of carbonyl (C=O) groups is 3. The van der Waals surface area contributed by atoms with E-state index in [1.165, 1.54) is 0 Å². The van der Waals surface area contributed by atoms with E-state index in [0.29, 0.717) is 0 Å². The summed E-state index contributed by atoms with van der Waals surface area (Å²) < 4.78 is 0. The highest BCUT2D eigenvalue weighted by Crippen LogP contribution is 2.50. The molecule has 1 fully saturated rings. The number of hydrogen-bond donors (Lipinski definition) is 3. The number of rotatable bonds is 6. The second-order valence-electron chi connectivity index (χ2n) is 8.55. The molecule has 1 saturated carbocycles. The van der Waals surface area contributed by atoms with Gasteiger partial charge in [0.1, 0.15) is 5.54 Å². The third-order valence-corrected chi connectivity index (χ3v) is 6.61. The highest BCUT2D eigenvalue weighted by molar-refractivity contribution is 6.44. The summed E-state index contributed by atoms with van der Waals surface area (Å²) in [5, 5.41) is 13.7. The third-order valence-electron chi connectivity index (χ3n) is 6.61. The summed E-state index contributed by atoms with van der Waals surface area (Å²) in [6.07, 6.45) is 2.21.